The van der Waals surface area contributed by atoms with Crippen LogP contribution in [-0.4, -0.2) is 71.5 Å². The number of carbonyl (C=O) groups excluding carboxylic acids is 1. The molecule has 1 aliphatic rings. The van der Waals surface area contributed by atoms with Crippen molar-refractivity contribution in [3.63, 3.8) is 0 Å². The molecule has 0 spiro atoms. The Hall–Kier alpha value is -3.17. The molecule has 0 saturated carbocycles. The number of hydrogen-bond acceptors (Lipinski definition) is 7. The highest BCUT2D eigenvalue weighted by atomic mass is 16.4. The second kappa shape index (κ2) is 10.2. The maximum absolute atomic E-state index is 12.5. The molecule has 1 aliphatic heterocycles. The quantitative estimate of drug-likeness (QED) is 0.521. The number of carbonyl (C=O) groups is 1. The molecule has 1 saturated heterocycles. The highest BCUT2D eigenvalue weighted by Crippen LogP contribution is 2.22. The zero-order valence-corrected chi connectivity index (χ0v) is 18.8. The van der Waals surface area contributed by atoms with Gasteiger partial charge in [-0.3, -0.25) is 9.79 Å². The summed E-state index contributed by atoms with van der Waals surface area (Å²) >= 11 is 0. The molecular formula is C21H32N8O2. The molecular weight excluding hydrogens is 396 g/mol. The van der Waals surface area contributed by atoms with E-state index >= 15 is 0 Å². The van der Waals surface area contributed by atoms with E-state index in [0.717, 1.165) is 18.8 Å². The molecule has 10 heteroatoms. The van der Waals surface area contributed by atoms with Gasteiger partial charge < -0.3 is 24.9 Å². The number of anilines is 1. The minimum Gasteiger partial charge on any atom is -0.443 e. The monoisotopic (exact) mass is 428 g/mol. The van der Waals surface area contributed by atoms with Crippen molar-refractivity contribution in [3.8, 4) is 0 Å². The number of rotatable bonds is 6. The van der Waals surface area contributed by atoms with E-state index in [-0.39, 0.29) is 11.3 Å². The van der Waals surface area contributed by atoms with E-state index in [4.69, 9.17) is 4.42 Å². The molecule has 0 aliphatic carbocycles. The zero-order chi connectivity index (χ0) is 22.3. The molecule has 0 radical (unpaired) electrons. The van der Waals surface area contributed by atoms with Crippen molar-refractivity contribution in [2.45, 2.75) is 39.2 Å². The smallest absolute Gasteiger partial charge is 0.225 e. The lowest BCUT2D eigenvalue weighted by Crippen LogP contribution is -2.50. The lowest BCUT2D eigenvalue weighted by atomic mass is 9.94. The highest BCUT2D eigenvalue weighted by molar-refractivity contribution is 5.81. The third kappa shape index (κ3) is 6.40. The maximum Gasteiger partial charge on any atom is 0.225 e. The first-order chi connectivity index (χ1) is 14.9. The number of aliphatic imine (C=N–C) groups is 1. The molecule has 0 atom stereocenters. The van der Waals surface area contributed by atoms with E-state index in [1.165, 1.54) is 0 Å². The number of guanidine groups is 1. The summed E-state index contributed by atoms with van der Waals surface area (Å²) in [5.74, 6) is 2.89. The molecule has 2 aromatic heterocycles. The summed E-state index contributed by atoms with van der Waals surface area (Å²) in [5, 5.41) is 6.34. The van der Waals surface area contributed by atoms with Crippen LogP contribution in [-0.2, 0) is 16.8 Å². The van der Waals surface area contributed by atoms with Crippen molar-refractivity contribution in [2.75, 3.05) is 44.7 Å². The standard InChI is InChI=1S/C21H32N8O2/c1-21(2,3)16-14-26-17(31-16)15-27-19(22-4)23-9-6-18(30)28-10-12-29(13-11-28)20-24-7-5-8-25-20/h5,7-8,14H,6,9-13,15H2,1-4H3,(H2,22,23,27). The van der Waals surface area contributed by atoms with Crippen LogP contribution >= 0.6 is 0 Å². The molecule has 31 heavy (non-hydrogen) atoms. The lowest BCUT2D eigenvalue weighted by molar-refractivity contribution is -0.131. The minimum absolute atomic E-state index is 0.0782. The van der Waals surface area contributed by atoms with Crippen LogP contribution in [0, 0.1) is 0 Å². The second-order valence-corrected chi connectivity index (χ2v) is 8.39. The van der Waals surface area contributed by atoms with Gasteiger partial charge in [0.2, 0.25) is 17.7 Å². The molecule has 2 aromatic rings. The van der Waals surface area contributed by atoms with Crippen LogP contribution in [0.15, 0.2) is 34.1 Å². The average molecular weight is 429 g/mol. The van der Waals surface area contributed by atoms with Crippen LogP contribution in [0.1, 0.15) is 38.8 Å². The Labute approximate surface area is 183 Å². The van der Waals surface area contributed by atoms with Crippen LogP contribution in [0.2, 0.25) is 0 Å². The Morgan fingerprint density at radius 3 is 2.45 bits per heavy atom. The number of nitrogens with one attached hydrogen (secondary N) is 2. The fourth-order valence-corrected chi connectivity index (χ4v) is 3.17. The second-order valence-electron chi connectivity index (χ2n) is 8.39. The number of oxazole rings is 1. The van der Waals surface area contributed by atoms with E-state index in [1.54, 1.807) is 31.7 Å². The van der Waals surface area contributed by atoms with Crippen molar-refractivity contribution < 1.29 is 9.21 Å². The number of aromatic nitrogens is 3. The number of amides is 1. The van der Waals surface area contributed by atoms with Crippen LogP contribution in [0.3, 0.4) is 0 Å². The van der Waals surface area contributed by atoms with Gasteiger partial charge in [0.1, 0.15) is 5.76 Å². The largest absolute Gasteiger partial charge is 0.443 e. The fourth-order valence-electron chi connectivity index (χ4n) is 3.17. The van der Waals surface area contributed by atoms with Crippen molar-refractivity contribution in [3.05, 3.63) is 36.3 Å². The molecule has 10 nitrogen and oxygen atoms in total. The van der Waals surface area contributed by atoms with Gasteiger partial charge in [0.15, 0.2) is 5.96 Å². The van der Waals surface area contributed by atoms with Gasteiger partial charge in [-0.25, -0.2) is 15.0 Å². The molecule has 168 valence electrons. The molecule has 2 N–H and O–H groups in total. The Bertz CT molecular complexity index is 867. The maximum atomic E-state index is 12.5. The van der Waals surface area contributed by atoms with E-state index in [2.05, 4.69) is 56.2 Å². The van der Waals surface area contributed by atoms with E-state index in [0.29, 0.717) is 50.4 Å². The van der Waals surface area contributed by atoms with Crippen molar-refractivity contribution in [2.24, 2.45) is 4.99 Å². The summed E-state index contributed by atoms with van der Waals surface area (Å²) in [6.45, 7) is 9.98. The van der Waals surface area contributed by atoms with Gasteiger partial charge in [-0.2, -0.15) is 0 Å². The number of nitrogens with zero attached hydrogens (tertiary/aromatic N) is 6. The van der Waals surface area contributed by atoms with Crippen LogP contribution < -0.4 is 15.5 Å². The molecule has 3 rings (SSSR count). The van der Waals surface area contributed by atoms with Crippen molar-refractivity contribution >= 4 is 17.8 Å². The normalized spacial score (nSPS) is 15.2. The topological polar surface area (TPSA) is 112 Å². The van der Waals surface area contributed by atoms with Crippen LogP contribution in [0.4, 0.5) is 5.95 Å². The summed E-state index contributed by atoms with van der Waals surface area (Å²) in [6, 6.07) is 1.80. The summed E-state index contributed by atoms with van der Waals surface area (Å²) in [6.07, 6.45) is 5.63. The molecule has 0 aromatic carbocycles. The van der Waals surface area contributed by atoms with Crippen LogP contribution in [0.25, 0.3) is 0 Å². The van der Waals surface area contributed by atoms with Crippen molar-refractivity contribution in [1.82, 2.24) is 30.5 Å². The van der Waals surface area contributed by atoms with Gasteiger partial charge in [0.05, 0.1) is 12.7 Å². The first-order valence-electron chi connectivity index (χ1n) is 10.6. The summed E-state index contributed by atoms with van der Waals surface area (Å²) in [4.78, 5) is 33.6. The van der Waals surface area contributed by atoms with Gasteiger partial charge in [0, 0.05) is 64.0 Å². The van der Waals surface area contributed by atoms with E-state index in [9.17, 15) is 4.79 Å². The Morgan fingerprint density at radius 1 is 1.13 bits per heavy atom. The molecule has 1 amide bonds. The predicted molar refractivity (Wildman–Crippen MR) is 119 cm³/mol. The lowest BCUT2D eigenvalue weighted by Gasteiger charge is -2.34. The number of hydrogen-bond donors (Lipinski definition) is 2. The van der Waals surface area contributed by atoms with E-state index < -0.39 is 0 Å². The fraction of sp³-hybridized carbons (Fsp3) is 0.571. The van der Waals surface area contributed by atoms with Crippen LogP contribution in [0.5, 0.6) is 0 Å². The molecule has 0 bridgehead atoms. The summed E-state index contributed by atoms with van der Waals surface area (Å²) < 4.78 is 5.78. The van der Waals surface area contributed by atoms with Gasteiger partial charge in [0.25, 0.3) is 0 Å². The third-order valence-electron chi connectivity index (χ3n) is 5.02. The van der Waals surface area contributed by atoms with Gasteiger partial charge in [-0.05, 0) is 6.07 Å². The molecule has 0 unspecified atom stereocenters. The van der Waals surface area contributed by atoms with Gasteiger partial charge in [-0.15, -0.1) is 0 Å². The first kappa shape index (κ1) is 22.5. The van der Waals surface area contributed by atoms with Gasteiger partial charge >= 0.3 is 0 Å². The molecule has 1 fully saturated rings. The Balaban J connectivity index is 1.37. The SMILES string of the molecule is CN=C(NCCC(=O)N1CCN(c2ncccn2)CC1)NCc1ncc(C(C)(C)C)o1. The Morgan fingerprint density at radius 2 is 1.84 bits per heavy atom. The van der Waals surface area contributed by atoms with E-state index in [1.807, 2.05) is 4.90 Å². The zero-order valence-electron chi connectivity index (χ0n) is 18.8. The third-order valence-corrected chi connectivity index (χ3v) is 5.02. The predicted octanol–water partition coefficient (Wildman–Crippen LogP) is 1.17. The first-order valence-corrected chi connectivity index (χ1v) is 10.6. The number of piperazine rings is 1. The van der Waals surface area contributed by atoms with Crippen molar-refractivity contribution in [1.29, 1.82) is 0 Å². The average Bonchev–Trinajstić information content (AvgIpc) is 3.26. The summed E-state index contributed by atoms with van der Waals surface area (Å²) in [5.41, 5.74) is -0.0782. The minimum atomic E-state index is -0.0782. The molecule has 3 heterocycles. The summed E-state index contributed by atoms with van der Waals surface area (Å²) in [7, 11) is 1.69. The van der Waals surface area contributed by atoms with Gasteiger partial charge in [-0.1, -0.05) is 20.8 Å². The highest BCUT2D eigenvalue weighted by Gasteiger charge is 2.22. The Kier molecular flexibility index (Phi) is 7.43.